The topological polar surface area (TPSA) is 78.5 Å². The van der Waals surface area contributed by atoms with Gasteiger partial charge in [0.25, 0.3) is 5.91 Å². The molecule has 2 rings (SSSR count). The number of sulfonamides is 1. The van der Waals surface area contributed by atoms with E-state index >= 15 is 0 Å². The fourth-order valence-corrected chi connectivity index (χ4v) is 4.12. The highest BCUT2D eigenvalue weighted by molar-refractivity contribution is 7.89. The molecule has 0 radical (unpaired) electrons. The third kappa shape index (κ3) is 4.31. The summed E-state index contributed by atoms with van der Waals surface area (Å²) in [4.78, 5) is 14.6. The first kappa shape index (κ1) is 17.9. The van der Waals surface area contributed by atoms with Gasteiger partial charge in [0.1, 0.15) is 0 Å². The van der Waals surface area contributed by atoms with E-state index < -0.39 is 10.0 Å². The minimum atomic E-state index is -3.53. The Morgan fingerprint density at radius 1 is 1.30 bits per heavy atom. The highest BCUT2D eigenvalue weighted by Crippen LogP contribution is 2.20. The lowest BCUT2D eigenvalue weighted by Crippen LogP contribution is -2.40. The molecule has 1 saturated heterocycles. The number of likely N-dealkylation sites (N-methyl/N-ethyl adjacent to an activating group) is 1. The zero-order chi connectivity index (χ0) is 17.0. The second-order valence-corrected chi connectivity index (χ2v) is 7.87. The van der Waals surface area contributed by atoms with Gasteiger partial charge in [-0.25, -0.2) is 13.1 Å². The molecule has 1 aliphatic heterocycles. The smallest absolute Gasteiger partial charge is 0.254 e. The van der Waals surface area contributed by atoms with E-state index in [2.05, 4.69) is 10.0 Å². The minimum Gasteiger partial charge on any atom is -0.334 e. The van der Waals surface area contributed by atoms with Crippen LogP contribution in [0.4, 0.5) is 0 Å². The highest BCUT2D eigenvalue weighted by Gasteiger charge is 2.29. The number of nitrogens with one attached hydrogen (secondary N) is 2. The number of hydrogen-bond acceptors (Lipinski definition) is 4. The summed E-state index contributed by atoms with van der Waals surface area (Å²) in [5.41, 5.74) is 0.525. The molecule has 2 N–H and O–H groups in total. The first-order valence-electron chi connectivity index (χ1n) is 7.93. The van der Waals surface area contributed by atoms with E-state index in [1.807, 2.05) is 11.9 Å². The van der Waals surface area contributed by atoms with Crippen molar-refractivity contribution in [2.45, 2.75) is 43.7 Å². The van der Waals surface area contributed by atoms with Gasteiger partial charge in [0.15, 0.2) is 0 Å². The molecule has 1 amide bonds. The summed E-state index contributed by atoms with van der Waals surface area (Å²) >= 11 is 0. The van der Waals surface area contributed by atoms with Crippen molar-refractivity contribution in [1.29, 1.82) is 0 Å². The normalized spacial score (nSPS) is 18.6. The Hall–Kier alpha value is -1.44. The predicted molar refractivity (Wildman–Crippen MR) is 89.9 cm³/mol. The second kappa shape index (κ2) is 7.42. The molecule has 23 heavy (non-hydrogen) atoms. The molecule has 1 aromatic carbocycles. The lowest BCUT2D eigenvalue weighted by molar-refractivity contribution is 0.0737. The SMILES string of the molecule is CNCC1CCCN1C(=O)c1ccc(S(=O)(=O)NC(C)C)cc1. The fourth-order valence-electron chi connectivity index (χ4n) is 2.87. The Kier molecular flexibility index (Phi) is 5.78. The second-order valence-electron chi connectivity index (χ2n) is 6.15. The van der Waals surface area contributed by atoms with Gasteiger partial charge in [-0.3, -0.25) is 4.79 Å². The Labute approximate surface area is 138 Å². The number of nitrogens with zero attached hydrogens (tertiary/aromatic N) is 1. The summed E-state index contributed by atoms with van der Waals surface area (Å²) in [7, 11) is -1.65. The van der Waals surface area contributed by atoms with E-state index in [1.54, 1.807) is 26.0 Å². The molecule has 1 heterocycles. The van der Waals surface area contributed by atoms with Crippen LogP contribution in [0, 0.1) is 0 Å². The van der Waals surface area contributed by atoms with Crippen LogP contribution in [0.5, 0.6) is 0 Å². The maximum absolute atomic E-state index is 12.6. The Bertz CT molecular complexity index is 641. The summed E-state index contributed by atoms with van der Waals surface area (Å²) in [6, 6.07) is 6.19. The molecule has 0 aromatic heterocycles. The molecule has 1 aliphatic rings. The van der Waals surface area contributed by atoms with Crippen LogP contribution in [0.2, 0.25) is 0 Å². The number of rotatable bonds is 6. The quantitative estimate of drug-likeness (QED) is 0.816. The molecule has 1 fully saturated rings. The molecule has 1 unspecified atom stereocenters. The number of carbonyl (C=O) groups excluding carboxylic acids is 1. The third-order valence-electron chi connectivity index (χ3n) is 3.88. The molecule has 0 aliphatic carbocycles. The summed E-state index contributed by atoms with van der Waals surface area (Å²) in [5.74, 6) is -0.0384. The lowest BCUT2D eigenvalue weighted by atomic mass is 10.1. The van der Waals surface area contributed by atoms with Crippen molar-refractivity contribution in [2.24, 2.45) is 0 Å². The third-order valence-corrected chi connectivity index (χ3v) is 5.55. The summed E-state index contributed by atoms with van der Waals surface area (Å²) in [6.45, 7) is 5.06. The van der Waals surface area contributed by atoms with E-state index in [9.17, 15) is 13.2 Å². The minimum absolute atomic E-state index is 0.0384. The molecule has 0 saturated carbocycles. The molecule has 7 heteroatoms. The molecule has 0 spiro atoms. The largest absolute Gasteiger partial charge is 0.334 e. The van der Waals surface area contributed by atoms with Gasteiger partial charge in [0.05, 0.1) is 4.90 Å². The average Bonchev–Trinajstić information content (AvgIpc) is 2.94. The lowest BCUT2D eigenvalue weighted by Gasteiger charge is -2.24. The van der Waals surface area contributed by atoms with Gasteiger partial charge in [0, 0.05) is 30.7 Å². The summed E-state index contributed by atoms with van der Waals surface area (Å²) in [5, 5.41) is 3.11. The average molecular weight is 339 g/mol. The van der Waals surface area contributed by atoms with Crippen molar-refractivity contribution < 1.29 is 13.2 Å². The highest BCUT2D eigenvalue weighted by atomic mass is 32.2. The zero-order valence-electron chi connectivity index (χ0n) is 13.9. The van der Waals surface area contributed by atoms with Gasteiger partial charge in [-0.05, 0) is 58.0 Å². The van der Waals surface area contributed by atoms with Crippen LogP contribution in [-0.4, -0.2) is 51.4 Å². The summed E-state index contributed by atoms with van der Waals surface area (Å²) < 4.78 is 26.7. The van der Waals surface area contributed by atoms with Crippen LogP contribution in [0.15, 0.2) is 29.2 Å². The Balaban J connectivity index is 2.14. The monoisotopic (exact) mass is 339 g/mol. The van der Waals surface area contributed by atoms with Crippen molar-refractivity contribution in [3.05, 3.63) is 29.8 Å². The van der Waals surface area contributed by atoms with Crippen LogP contribution in [-0.2, 0) is 10.0 Å². The van der Waals surface area contributed by atoms with Crippen molar-refractivity contribution in [3.8, 4) is 0 Å². The van der Waals surface area contributed by atoms with Crippen molar-refractivity contribution >= 4 is 15.9 Å². The number of hydrogen-bond donors (Lipinski definition) is 2. The van der Waals surface area contributed by atoms with Crippen LogP contribution in [0.1, 0.15) is 37.0 Å². The van der Waals surface area contributed by atoms with Crippen LogP contribution >= 0.6 is 0 Å². The first-order valence-corrected chi connectivity index (χ1v) is 9.41. The molecule has 128 valence electrons. The van der Waals surface area contributed by atoms with Crippen molar-refractivity contribution in [2.75, 3.05) is 20.1 Å². The van der Waals surface area contributed by atoms with Crippen LogP contribution < -0.4 is 10.0 Å². The fraction of sp³-hybridized carbons (Fsp3) is 0.562. The van der Waals surface area contributed by atoms with E-state index in [1.165, 1.54) is 12.1 Å². The number of carbonyl (C=O) groups is 1. The van der Waals surface area contributed by atoms with Crippen LogP contribution in [0.3, 0.4) is 0 Å². The molecule has 0 bridgehead atoms. The van der Waals surface area contributed by atoms with E-state index in [0.29, 0.717) is 5.56 Å². The zero-order valence-corrected chi connectivity index (χ0v) is 14.7. The standard InChI is InChI=1S/C16H25N3O3S/c1-12(2)18-23(21,22)15-8-6-13(7-9-15)16(20)19-10-4-5-14(19)11-17-3/h6-9,12,14,17-18H,4-5,10-11H2,1-3H3. The van der Waals surface area contributed by atoms with Crippen molar-refractivity contribution in [3.63, 3.8) is 0 Å². The number of likely N-dealkylation sites (tertiary alicyclic amines) is 1. The maximum atomic E-state index is 12.6. The Morgan fingerprint density at radius 2 is 1.96 bits per heavy atom. The van der Waals surface area contributed by atoms with E-state index in [0.717, 1.165) is 25.9 Å². The molecular weight excluding hydrogens is 314 g/mol. The van der Waals surface area contributed by atoms with E-state index in [-0.39, 0.29) is 22.9 Å². The maximum Gasteiger partial charge on any atom is 0.254 e. The molecular formula is C16H25N3O3S. The van der Waals surface area contributed by atoms with Gasteiger partial charge in [-0.15, -0.1) is 0 Å². The van der Waals surface area contributed by atoms with E-state index in [4.69, 9.17) is 0 Å². The van der Waals surface area contributed by atoms with Crippen LogP contribution in [0.25, 0.3) is 0 Å². The molecule has 1 atom stereocenters. The van der Waals surface area contributed by atoms with Gasteiger partial charge in [-0.1, -0.05) is 0 Å². The number of amides is 1. The predicted octanol–water partition coefficient (Wildman–Crippen LogP) is 1.20. The molecule has 6 nitrogen and oxygen atoms in total. The first-order chi connectivity index (χ1) is 10.8. The van der Waals surface area contributed by atoms with Gasteiger partial charge in [-0.2, -0.15) is 0 Å². The van der Waals surface area contributed by atoms with Gasteiger partial charge in [0.2, 0.25) is 10.0 Å². The van der Waals surface area contributed by atoms with Gasteiger partial charge >= 0.3 is 0 Å². The summed E-state index contributed by atoms with van der Waals surface area (Å²) in [6.07, 6.45) is 2.00. The molecule has 1 aromatic rings. The Morgan fingerprint density at radius 3 is 2.52 bits per heavy atom. The number of benzene rings is 1. The van der Waals surface area contributed by atoms with Gasteiger partial charge < -0.3 is 10.2 Å². The van der Waals surface area contributed by atoms with Crippen molar-refractivity contribution in [1.82, 2.24) is 14.9 Å².